The van der Waals surface area contributed by atoms with Gasteiger partial charge in [-0.15, -0.1) is 0 Å². The summed E-state index contributed by atoms with van der Waals surface area (Å²) in [5.41, 5.74) is 2.29. The van der Waals surface area contributed by atoms with E-state index in [1.165, 1.54) is 5.56 Å². The third-order valence-electron chi connectivity index (χ3n) is 1.91. The number of hydrogen-bond acceptors (Lipinski definition) is 1. The van der Waals surface area contributed by atoms with Crippen LogP contribution in [0, 0.1) is 18.8 Å². The zero-order valence-electron chi connectivity index (χ0n) is 9.29. The van der Waals surface area contributed by atoms with Crippen LogP contribution in [-0.4, -0.2) is 13.2 Å². The first-order chi connectivity index (χ1) is 7.33. The molecule has 78 valence electrons. The van der Waals surface area contributed by atoms with Crippen LogP contribution in [0.2, 0.25) is 0 Å². The first-order valence-corrected chi connectivity index (χ1v) is 5.07. The molecular formula is C14H16O. The van der Waals surface area contributed by atoms with Crippen molar-refractivity contribution in [1.82, 2.24) is 0 Å². The number of aryl methyl sites for hydroxylation is 1. The van der Waals surface area contributed by atoms with Crippen LogP contribution in [0.15, 0.2) is 36.4 Å². The van der Waals surface area contributed by atoms with Crippen LogP contribution in [0.3, 0.4) is 0 Å². The van der Waals surface area contributed by atoms with E-state index < -0.39 is 0 Å². The molecule has 0 heterocycles. The molecule has 0 atom stereocenters. The summed E-state index contributed by atoms with van der Waals surface area (Å²) in [6.07, 6.45) is 3.93. The summed E-state index contributed by atoms with van der Waals surface area (Å²) in [5.74, 6) is 6.02. The van der Waals surface area contributed by atoms with E-state index in [-0.39, 0.29) is 0 Å². The summed E-state index contributed by atoms with van der Waals surface area (Å²) >= 11 is 0. The van der Waals surface area contributed by atoms with E-state index >= 15 is 0 Å². The topological polar surface area (TPSA) is 9.23 Å². The first-order valence-electron chi connectivity index (χ1n) is 5.07. The van der Waals surface area contributed by atoms with E-state index in [2.05, 4.69) is 30.9 Å². The van der Waals surface area contributed by atoms with Crippen molar-refractivity contribution in [2.45, 2.75) is 13.8 Å². The van der Waals surface area contributed by atoms with Gasteiger partial charge in [-0.3, -0.25) is 0 Å². The number of hydrogen-bond donors (Lipinski definition) is 0. The summed E-state index contributed by atoms with van der Waals surface area (Å²) in [7, 11) is 0. The van der Waals surface area contributed by atoms with Gasteiger partial charge in [0.1, 0.15) is 6.61 Å². The molecule has 0 aliphatic rings. The van der Waals surface area contributed by atoms with Crippen LogP contribution in [-0.2, 0) is 4.74 Å². The molecule has 0 aliphatic heterocycles. The molecule has 0 N–H and O–H groups in total. The number of allylic oxidation sites excluding steroid dienone is 1. The maximum atomic E-state index is 5.26. The minimum absolute atomic E-state index is 0.484. The molecule has 0 radical (unpaired) electrons. The Kier molecular flexibility index (Phi) is 5.29. The van der Waals surface area contributed by atoms with Gasteiger partial charge in [0.25, 0.3) is 0 Å². The van der Waals surface area contributed by atoms with E-state index in [0.29, 0.717) is 13.2 Å². The van der Waals surface area contributed by atoms with Crippen molar-refractivity contribution in [3.63, 3.8) is 0 Å². The van der Waals surface area contributed by atoms with Gasteiger partial charge in [-0.25, -0.2) is 0 Å². The molecule has 0 bridgehead atoms. The van der Waals surface area contributed by atoms with Gasteiger partial charge in [0.2, 0.25) is 0 Å². The van der Waals surface area contributed by atoms with Crippen LogP contribution >= 0.6 is 0 Å². The molecule has 1 aromatic rings. The Morgan fingerprint density at radius 2 is 2.00 bits per heavy atom. The average Bonchev–Trinajstić information content (AvgIpc) is 2.26. The predicted molar refractivity (Wildman–Crippen MR) is 63.7 cm³/mol. The Balaban J connectivity index is 2.34. The minimum Gasteiger partial charge on any atom is -0.365 e. The summed E-state index contributed by atoms with van der Waals surface area (Å²) in [4.78, 5) is 0. The lowest BCUT2D eigenvalue weighted by Gasteiger charge is -1.93. The second-order valence-corrected chi connectivity index (χ2v) is 3.25. The lowest BCUT2D eigenvalue weighted by Crippen LogP contribution is -1.90. The highest BCUT2D eigenvalue weighted by molar-refractivity contribution is 5.35. The van der Waals surface area contributed by atoms with Crippen LogP contribution in [0.4, 0.5) is 0 Å². The summed E-state index contributed by atoms with van der Waals surface area (Å²) in [6, 6.07) is 8.16. The van der Waals surface area contributed by atoms with Gasteiger partial charge >= 0.3 is 0 Å². The van der Waals surface area contributed by atoms with E-state index in [4.69, 9.17) is 4.74 Å². The highest BCUT2D eigenvalue weighted by Crippen LogP contribution is 2.00. The smallest absolute Gasteiger partial charge is 0.108 e. The Bertz CT molecular complexity index is 363. The zero-order valence-corrected chi connectivity index (χ0v) is 9.29. The van der Waals surface area contributed by atoms with Gasteiger partial charge in [-0.05, 0) is 26.0 Å². The van der Waals surface area contributed by atoms with Crippen molar-refractivity contribution in [2.75, 3.05) is 13.2 Å². The number of rotatable bonds is 3. The fourth-order valence-corrected chi connectivity index (χ4v) is 1.05. The Morgan fingerprint density at radius 3 is 2.67 bits per heavy atom. The van der Waals surface area contributed by atoms with E-state index in [1.807, 2.05) is 31.2 Å². The molecule has 0 unspecified atom stereocenters. The summed E-state index contributed by atoms with van der Waals surface area (Å²) < 4.78 is 5.26. The fraction of sp³-hybridized carbons (Fsp3) is 0.286. The third kappa shape index (κ3) is 5.05. The molecule has 0 saturated carbocycles. The first kappa shape index (κ1) is 11.6. The lowest BCUT2D eigenvalue weighted by atomic mass is 10.2. The van der Waals surface area contributed by atoms with Crippen molar-refractivity contribution >= 4 is 0 Å². The van der Waals surface area contributed by atoms with Crippen molar-refractivity contribution in [1.29, 1.82) is 0 Å². The van der Waals surface area contributed by atoms with Crippen molar-refractivity contribution < 1.29 is 4.74 Å². The normalized spacial score (nSPS) is 10.0. The second kappa shape index (κ2) is 6.86. The SMILES string of the molecule is C/C=C/COCC#Cc1ccc(C)cc1. The van der Waals surface area contributed by atoms with E-state index in [0.717, 1.165) is 5.56 Å². The summed E-state index contributed by atoms with van der Waals surface area (Å²) in [5, 5.41) is 0. The molecule has 0 saturated heterocycles. The quantitative estimate of drug-likeness (QED) is 0.414. The van der Waals surface area contributed by atoms with E-state index in [9.17, 15) is 0 Å². The van der Waals surface area contributed by atoms with Crippen molar-refractivity contribution in [3.8, 4) is 11.8 Å². The zero-order chi connectivity index (χ0) is 10.9. The Hall–Kier alpha value is -1.52. The molecular weight excluding hydrogens is 184 g/mol. The maximum Gasteiger partial charge on any atom is 0.108 e. The molecule has 0 spiro atoms. The van der Waals surface area contributed by atoms with Gasteiger partial charge in [-0.2, -0.15) is 0 Å². The number of ether oxygens (including phenoxy) is 1. The largest absolute Gasteiger partial charge is 0.365 e. The van der Waals surface area contributed by atoms with Gasteiger partial charge in [0.05, 0.1) is 6.61 Å². The predicted octanol–water partition coefficient (Wildman–Crippen LogP) is 2.94. The number of benzene rings is 1. The molecule has 15 heavy (non-hydrogen) atoms. The molecule has 1 aromatic carbocycles. The monoisotopic (exact) mass is 200 g/mol. The van der Waals surface area contributed by atoms with E-state index in [1.54, 1.807) is 0 Å². The molecule has 0 amide bonds. The molecule has 1 heteroatoms. The van der Waals surface area contributed by atoms with Crippen LogP contribution in [0.25, 0.3) is 0 Å². The maximum absolute atomic E-state index is 5.26. The lowest BCUT2D eigenvalue weighted by molar-refractivity contribution is 0.199. The Morgan fingerprint density at radius 1 is 1.27 bits per heavy atom. The van der Waals surface area contributed by atoms with Gasteiger partial charge in [-0.1, -0.05) is 41.7 Å². The van der Waals surface area contributed by atoms with Gasteiger partial charge < -0.3 is 4.74 Å². The molecule has 1 rings (SSSR count). The van der Waals surface area contributed by atoms with Crippen LogP contribution in [0.1, 0.15) is 18.1 Å². The average molecular weight is 200 g/mol. The van der Waals surface area contributed by atoms with Gasteiger partial charge in [0, 0.05) is 5.56 Å². The molecule has 0 aromatic heterocycles. The standard InChI is InChI=1S/C14H16O/c1-3-4-11-15-12-5-6-14-9-7-13(2)8-10-14/h3-4,7-10H,11-12H2,1-2H3/b4-3+. The molecule has 1 nitrogen and oxygen atoms in total. The van der Waals surface area contributed by atoms with Crippen molar-refractivity contribution in [2.24, 2.45) is 0 Å². The van der Waals surface area contributed by atoms with Crippen LogP contribution in [0.5, 0.6) is 0 Å². The molecule has 0 aliphatic carbocycles. The minimum atomic E-state index is 0.484. The second-order valence-electron chi connectivity index (χ2n) is 3.25. The highest BCUT2D eigenvalue weighted by atomic mass is 16.5. The summed E-state index contributed by atoms with van der Waals surface area (Å²) in [6.45, 7) is 5.16. The fourth-order valence-electron chi connectivity index (χ4n) is 1.05. The molecule has 0 fully saturated rings. The van der Waals surface area contributed by atoms with Crippen LogP contribution < -0.4 is 0 Å². The Labute approximate surface area is 91.8 Å². The van der Waals surface area contributed by atoms with Crippen molar-refractivity contribution in [3.05, 3.63) is 47.5 Å². The van der Waals surface area contributed by atoms with Gasteiger partial charge in [0.15, 0.2) is 0 Å². The highest BCUT2D eigenvalue weighted by Gasteiger charge is 1.85. The third-order valence-corrected chi connectivity index (χ3v) is 1.91.